The molecule has 0 aliphatic heterocycles. The third-order valence-corrected chi connectivity index (χ3v) is 5.34. The first kappa shape index (κ1) is 21.3. The van der Waals surface area contributed by atoms with E-state index in [-0.39, 0.29) is 18.4 Å². The van der Waals surface area contributed by atoms with Crippen molar-refractivity contribution in [3.63, 3.8) is 0 Å². The molecule has 0 aliphatic carbocycles. The third kappa shape index (κ3) is 6.29. The molecule has 1 amide bonds. The molecule has 1 atom stereocenters. The second kappa shape index (κ2) is 9.81. The molecular formula is C21H24ClNO3S. The van der Waals surface area contributed by atoms with Crippen LogP contribution in [0.1, 0.15) is 37.8 Å². The molecule has 2 aromatic carbocycles. The summed E-state index contributed by atoms with van der Waals surface area (Å²) >= 11 is 7.22. The quantitative estimate of drug-likeness (QED) is 0.492. The Balaban J connectivity index is 1.90. The van der Waals surface area contributed by atoms with Crippen LogP contribution in [-0.4, -0.2) is 23.7 Å². The first-order chi connectivity index (χ1) is 12.8. The number of aryl methyl sites for hydroxylation is 1. The number of thioether (sulfide) groups is 1. The number of hydrogen-bond donors (Lipinski definition) is 1. The first-order valence-corrected chi connectivity index (χ1v) is 10.0. The van der Waals surface area contributed by atoms with Crippen molar-refractivity contribution in [1.82, 2.24) is 0 Å². The van der Waals surface area contributed by atoms with Crippen molar-refractivity contribution in [1.29, 1.82) is 0 Å². The van der Waals surface area contributed by atoms with Gasteiger partial charge in [-0.05, 0) is 55.2 Å². The fourth-order valence-electron chi connectivity index (χ4n) is 2.54. The monoisotopic (exact) mass is 405 g/mol. The van der Waals surface area contributed by atoms with Crippen molar-refractivity contribution in [3.8, 4) is 0 Å². The highest BCUT2D eigenvalue weighted by atomic mass is 35.5. The summed E-state index contributed by atoms with van der Waals surface area (Å²) in [5, 5.41) is 3.09. The Kier molecular flexibility index (Phi) is 7.75. The van der Waals surface area contributed by atoms with E-state index < -0.39 is 11.2 Å². The molecule has 1 N–H and O–H groups in total. The zero-order chi connectivity index (χ0) is 20.0. The van der Waals surface area contributed by atoms with Gasteiger partial charge in [-0.15, -0.1) is 11.8 Å². The highest BCUT2D eigenvalue weighted by Gasteiger charge is 2.18. The van der Waals surface area contributed by atoms with Crippen LogP contribution >= 0.6 is 23.4 Å². The maximum absolute atomic E-state index is 12.3. The smallest absolute Gasteiger partial charge is 0.319 e. The van der Waals surface area contributed by atoms with E-state index in [1.54, 1.807) is 19.1 Å². The molecule has 0 spiro atoms. The van der Waals surface area contributed by atoms with Gasteiger partial charge in [0.15, 0.2) is 6.61 Å². The molecule has 0 saturated carbocycles. The topological polar surface area (TPSA) is 55.4 Å². The Morgan fingerprint density at radius 2 is 1.78 bits per heavy atom. The molecule has 2 aromatic rings. The normalized spacial score (nSPS) is 11.9. The van der Waals surface area contributed by atoms with Gasteiger partial charge in [0.1, 0.15) is 5.25 Å². The largest absolute Gasteiger partial charge is 0.455 e. The van der Waals surface area contributed by atoms with Crippen molar-refractivity contribution in [2.45, 2.75) is 43.8 Å². The molecule has 0 fully saturated rings. The molecule has 0 aliphatic rings. The van der Waals surface area contributed by atoms with Crippen LogP contribution in [0.3, 0.4) is 0 Å². The van der Waals surface area contributed by atoms with Crippen LogP contribution in [0.25, 0.3) is 0 Å². The van der Waals surface area contributed by atoms with Gasteiger partial charge in [-0.25, -0.2) is 0 Å². The summed E-state index contributed by atoms with van der Waals surface area (Å²) < 4.78 is 5.18. The number of benzene rings is 2. The fraction of sp³-hybridized carbons (Fsp3) is 0.333. The van der Waals surface area contributed by atoms with Gasteiger partial charge < -0.3 is 10.1 Å². The lowest BCUT2D eigenvalue weighted by atomic mass is 9.98. The average Bonchev–Trinajstić information content (AvgIpc) is 2.63. The molecule has 6 heteroatoms. The van der Waals surface area contributed by atoms with E-state index in [9.17, 15) is 9.59 Å². The Labute approximate surface area is 169 Å². The highest BCUT2D eigenvalue weighted by Crippen LogP contribution is 2.28. The highest BCUT2D eigenvalue weighted by molar-refractivity contribution is 8.00. The molecule has 0 bridgehead atoms. The number of halogens is 1. The first-order valence-electron chi connectivity index (χ1n) is 8.76. The van der Waals surface area contributed by atoms with E-state index >= 15 is 0 Å². The minimum atomic E-state index is -0.432. The summed E-state index contributed by atoms with van der Waals surface area (Å²) in [5.41, 5.74) is 2.83. The molecule has 0 saturated heterocycles. The minimum Gasteiger partial charge on any atom is -0.455 e. The van der Waals surface area contributed by atoms with E-state index in [4.69, 9.17) is 16.3 Å². The number of ether oxygens (including phenoxy) is 1. The number of carbonyl (C=O) groups excluding carboxylic acids is 2. The number of nitrogens with one attached hydrogen (secondary N) is 1. The molecule has 4 nitrogen and oxygen atoms in total. The molecule has 144 valence electrons. The van der Waals surface area contributed by atoms with Crippen LogP contribution in [-0.2, 0) is 14.3 Å². The second-order valence-electron chi connectivity index (χ2n) is 6.56. The zero-order valence-electron chi connectivity index (χ0n) is 15.9. The molecule has 0 unspecified atom stereocenters. The molecule has 0 radical (unpaired) electrons. The van der Waals surface area contributed by atoms with E-state index in [0.717, 1.165) is 21.7 Å². The maximum Gasteiger partial charge on any atom is 0.319 e. The number of rotatable bonds is 7. The van der Waals surface area contributed by atoms with Crippen molar-refractivity contribution in [3.05, 3.63) is 58.6 Å². The Hall–Kier alpha value is -1.98. The van der Waals surface area contributed by atoms with E-state index in [0.29, 0.717) is 5.02 Å². The molecule has 2 rings (SSSR count). The lowest BCUT2D eigenvalue weighted by molar-refractivity contribution is -0.146. The van der Waals surface area contributed by atoms with Crippen LogP contribution in [0.5, 0.6) is 0 Å². The van der Waals surface area contributed by atoms with E-state index in [2.05, 4.69) is 19.2 Å². The Morgan fingerprint density at radius 3 is 2.41 bits per heavy atom. The molecule has 0 heterocycles. The predicted octanol–water partition coefficient (Wildman–Crippen LogP) is 5.43. The maximum atomic E-state index is 12.3. The van der Waals surface area contributed by atoms with Crippen LogP contribution in [0.4, 0.5) is 5.69 Å². The van der Waals surface area contributed by atoms with Crippen LogP contribution in [0, 0.1) is 6.92 Å². The van der Waals surface area contributed by atoms with Gasteiger partial charge in [0, 0.05) is 15.6 Å². The van der Waals surface area contributed by atoms with Crippen molar-refractivity contribution in [2.24, 2.45) is 0 Å². The standard InChI is InChI=1S/C21H24ClNO3S/c1-13(2)18-7-5-6-14(3)20(18)23-19(24)12-26-21(25)15(4)27-17-10-8-16(22)9-11-17/h5-11,13,15H,12H2,1-4H3,(H,23,24)/t15-/m0/s1. The lowest BCUT2D eigenvalue weighted by Crippen LogP contribution is -2.25. The van der Waals surface area contributed by atoms with Gasteiger partial charge >= 0.3 is 5.97 Å². The summed E-state index contributed by atoms with van der Waals surface area (Å²) in [6.07, 6.45) is 0. The van der Waals surface area contributed by atoms with Crippen LogP contribution < -0.4 is 5.32 Å². The van der Waals surface area contributed by atoms with Gasteiger partial charge in [-0.2, -0.15) is 0 Å². The number of hydrogen-bond acceptors (Lipinski definition) is 4. The summed E-state index contributed by atoms with van der Waals surface area (Å²) in [6.45, 7) is 7.52. The number of para-hydroxylation sites is 1. The number of esters is 1. The predicted molar refractivity (Wildman–Crippen MR) is 112 cm³/mol. The van der Waals surface area contributed by atoms with Crippen molar-refractivity contribution in [2.75, 3.05) is 11.9 Å². The third-order valence-electron chi connectivity index (χ3n) is 4.00. The van der Waals surface area contributed by atoms with Crippen LogP contribution in [0.2, 0.25) is 5.02 Å². The minimum absolute atomic E-state index is 0.276. The number of carbonyl (C=O) groups is 2. The van der Waals surface area contributed by atoms with Gasteiger partial charge in [0.2, 0.25) is 0 Å². The Bertz CT molecular complexity index is 806. The van der Waals surface area contributed by atoms with Gasteiger partial charge in [-0.1, -0.05) is 43.6 Å². The van der Waals surface area contributed by atoms with Crippen molar-refractivity contribution >= 4 is 40.9 Å². The van der Waals surface area contributed by atoms with Gasteiger partial charge in [0.25, 0.3) is 5.91 Å². The average molecular weight is 406 g/mol. The molecular weight excluding hydrogens is 382 g/mol. The van der Waals surface area contributed by atoms with E-state index in [1.807, 2.05) is 37.3 Å². The number of amides is 1. The van der Waals surface area contributed by atoms with Gasteiger partial charge in [0.05, 0.1) is 0 Å². The summed E-state index contributed by atoms with van der Waals surface area (Å²) in [7, 11) is 0. The second-order valence-corrected chi connectivity index (χ2v) is 8.41. The van der Waals surface area contributed by atoms with E-state index in [1.165, 1.54) is 11.8 Å². The SMILES string of the molecule is Cc1cccc(C(C)C)c1NC(=O)COC(=O)[C@H](C)Sc1ccc(Cl)cc1. The molecule has 27 heavy (non-hydrogen) atoms. The summed E-state index contributed by atoms with van der Waals surface area (Å²) in [5.74, 6) is -0.499. The Morgan fingerprint density at radius 1 is 1.11 bits per heavy atom. The van der Waals surface area contributed by atoms with Crippen molar-refractivity contribution < 1.29 is 14.3 Å². The summed E-state index contributed by atoms with van der Waals surface area (Å²) in [4.78, 5) is 25.3. The van der Waals surface area contributed by atoms with Crippen LogP contribution in [0.15, 0.2) is 47.4 Å². The zero-order valence-corrected chi connectivity index (χ0v) is 17.5. The summed E-state index contributed by atoms with van der Waals surface area (Å²) in [6, 6.07) is 13.1. The number of anilines is 1. The van der Waals surface area contributed by atoms with Gasteiger partial charge in [-0.3, -0.25) is 9.59 Å². The molecule has 0 aromatic heterocycles. The lowest BCUT2D eigenvalue weighted by Gasteiger charge is -2.17. The fourth-order valence-corrected chi connectivity index (χ4v) is 3.53.